The first-order valence-corrected chi connectivity index (χ1v) is 12.8. The summed E-state index contributed by atoms with van der Waals surface area (Å²) in [5, 5.41) is -0.00294. The first-order valence-electron chi connectivity index (χ1n) is 10.1. The van der Waals surface area contributed by atoms with Crippen molar-refractivity contribution in [3.8, 4) is 11.5 Å². The normalized spacial score (nSPS) is 19.4. The zero-order valence-electron chi connectivity index (χ0n) is 16.9. The first-order chi connectivity index (χ1) is 14.4. The van der Waals surface area contributed by atoms with E-state index in [1.165, 1.54) is 11.8 Å². The van der Waals surface area contributed by atoms with Crippen molar-refractivity contribution in [1.82, 2.24) is 4.90 Å². The number of hydrogen-bond donors (Lipinski definition) is 0. The Morgan fingerprint density at radius 2 is 1.90 bits per heavy atom. The Kier molecular flexibility index (Phi) is 6.24. The van der Waals surface area contributed by atoms with Crippen molar-refractivity contribution in [2.24, 2.45) is 0 Å². The van der Waals surface area contributed by atoms with Crippen molar-refractivity contribution in [2.45, 2.75) is 30.0 Å². The number of benzene rings is 2. The Bertz CT molecular complexity index is 1040. The van der Waals surface area contributed by atoms with E-state index in [2.05, 4.69) is 0 Å². The number of carbonyl (C=O) groups is 1. The fourth-order valence-corrected chi connectivity index (χ4v) is 7.30. The molecule has 0 spiro atoms. The minimum Gasteiger partial charge on any atom is -0.486 e. The van der Waals surface area contributed by atoms with Gasteiger partial charge in [0.25, 0.3) is 5.91 Å². The molecule has 0 saturated carbocycles. The predicted molar refractivity (Wildman–Crippen MR) is 117 cm³/mol. The largest absolute Gasteiger partial charge is 0.486 e. The third-order valence-electron chi connectivity index (χ3n) is 5.25. The molecule has 0 bridgehead atoms. The van der Waals surface area contributed by atoms with Gasteiger partial charge in [-0.2, -0.15) is 0 Å². The van der Waals surface area contributed by atoms with Crippen LogP contribution in [0, 0.1) is 0 Å². The van der Waals surface area contributed by atoms with Crippen LogP contribution in [0.25, 0.3) is 0 Å². The molecule has 1 atom stereocenters. The van der Waals surface area contributed by atoms with Crippen LogP contribution >= 0.6 is 11.8 Å². The predicted octanol–water partition coefficient (Wildman–Crippen LogP) is 3.40. The van der Waals surface area contributed by atoms with Gasteiger partial charge in [-0.15, -0.1) is 11.8 Å². The van der Waals surface area contributed by atoms with Crippen molar-refractivity contribution in [3.63, 3.8) is 0 Å². The van der Waals surface area contributed by atoms with Gasteiger partial charge < -0.3 is 14.4 Å². The van der Waals surface area contributed by atoms with Crippen molar-refractivity contribution in [1.29, 1.82) is 0 Å². The van der Waals surface area contributed by atoms with Gasteiger partial charge in [-0.3, -0.25) is 4.79 Å². The van der Waals surface area contributed by atoms with E-state index in [1.807, 2.05) is 49.4 Å². The fourth-order valence-electron chi connectivity index (χ4n) is 3.68. The molecule has 1 fully saturated rings. The summed E-state index contributed by atoms with van der Waals surface area (Å²) in [6.07, 6.45) is 0.629. The van der Waals surface area contributed by atoms with Crippen molar-refractivity contribution in [2.75, 3.05) is 31.3 Å². The van der Waals surface area contributed by atoms with Gasteiger partial charge in [-0.25, -0.2) is 8.42 Å². The number of sulfone groups is 1. The molecular formula is C22H25NO5S2. The molecule has 1 amide bonds. The molecular weight excluding hydrogens is 422 g/mol. The summed E-state index contributed by atoms with van der Waals surface area (Å²) in [6, 6.07) is 13.2. The minimum absolute atomic E-state index is 0.00294. The average Bonchev–Trinajstić information content (AvgIpc) is 3.10. The molecule has 0 radical (unpaired) electrons. The Morgan fingerprint density at radius 1 is 1.13 bits per heavy atom. The van der Waals surface area contributed by atoms with Crippen LogP contribution in [0.4, 0.5) is 0 Å². The fraction of sp³-hybridized carbons (Fsp3) is 0.409. The molecule has 8 heteroatoms. The summed E-state index contributed by atoms with van der Waals surface area (Å²) in [6.45, 7) is 4.04. The minimum atomic E-state index is -2.96. The Balaban J connectivity index is 1.51. The lowest BCUT2D eigenvalue weighted by molar-refractivity contribution is 0.0748. The lowest BCUT2D eigenvalue weighted by Crippen LogP contribution is -2.31. The number of rotatable bonds is 6. The third-order valence-corrected chi connectivity index (χ3v) is 8.58. The van der Waals surface area contributed by atoms with Gasteiger partial charge in [0.05, 0.1) is 17.1 Å². The van der Waals surface area contributed by atoms with E-state index in [0.717, 1.165) is 16.2 Å². The standard InChI is InChI=1S/C22H25NO5S2/c1-2-23(14-16-7-8-19-20(13-16)28-11-10-27-19)22(24)18-5-3-4-6-21(18)29-17-9-12-30(25,26)15-17/h3-8,13,17H,2,9-12,14-15H2,1H3. The van der Waals surface area contributed by atoms with Gasteiger partial charge in [0.15, 0.2) is 21.3 Å². The van der Waals surface area contributed by atoms with E-state index >= 15 is 0 Å². The topological polar surface area (TPSA) is 72.9 Å². The summed E-state index contributed by atoms with van der Waals surface area (Å²) >= 11 is 1.50. The molecule has 4 rings (SSSR count). The zero-order valence-corrected chi connectivity index (χ0v) is 18.5. The number of carbonyl (C=O) groups excluding carboxylic acids is 1. The summed E-state index contributed by atoms with van der Waals surface area (Å²) in [7, 11) is -2.96. The zero-order chi connectivity index (χ0) is 21.1. The number of amides is 1. The number of nitrogens with zero attached hydrogens (tertiary/aromatic N) is 1. The summed E-state index contributed by atoms with van der Waals surface area (Å²) < 4.78 is 34.8. The van der Waals surface area contributed by atoms with Crippen LogP contribution in [0.3, 0.4) is 0 Å². The smallest absolute Gasteiger partial charge is 0.255 e. The molecule has 2 aromatic rings. The molecule has 6 nitrogen and oxygen atoms in total. The number of ether oxygens (including phenoxy) is 2. The molecule has 0 N–H and O–H groups in total. The molecule has 2 heterocycles. The van der Waals surface area contributed by atoms with Crippen molar-refractivity contribution in [3.05, 3.63) is 53.6 Å². The van der Waals surface area contributed by atoms with Crippen LogP contribution in [-0.2, 0) is 16.4 Å². The van der Waals surface area contributed by atoms with Crippen LogP contribution < -0.4 is 9.47 Å². The summed E-state index contributed by atoms with van der Waals surface area (Å²) in [4.78, 5) is 16.0. The van der Waals surface area contributed by atoms with Gasteiger partial charge >= 0.3 is 0 Å². The van der Waals surface area contributed by atoms with Crippen LogP contribution in [0.2, 0.25) is 0 Å². The summed E-state index contributed by atoms with van der Waals surface area (Å²) in [5.74, 6) is 1.78. The quantitative estimate of drug-likeness (QED) is 0.676. The Morgan fingerprint density at radius 3 is 2.63 bits per heavy atom. The lowest BCUT2D eigenvalue weighted by Gasteiger charge is -2.24. The molecule has 1 saturated heterocycles. The molecule has 0 aromatic heterocycles. The Labute approximate surface area is 181 Å². The second-order valence-corrected chi connectivity index (χ2v) is 11.0. The lowest BCUT2D eigenvalue weighted by atomic mass is 10.1. The SMILES string of the molecule is CCN(Cc1ccc2c(c1)OCCO2)C(=O)c1ccccc1SC1CCS(=O)(=O)C1. The number of fused-ring (bicyclic) bond motifs is 1. The van der Waals surface area contributed by atoms with Gasteiger partial charge in [0, 0.05) is 23.2 Å². The van der Waals surface area contributed by atoms with E-state index in [-0.39, 0.29) is 22.7 Å². The van der Waals surface area contributed by atoms with Crippen molar-refractivity contribution < 1.29 is 22.7 Å². The van der Waals surface area contributed by atoms with Gasteiger partial charge in [-0.1, -0.05) is 18.2 Å². The van der Waals surface area contributed by atoms with E-state index < -0.39 is 9.84 Å². The van der Waals surface area contributed by atoms with Crippen LogP contribution in [-0.4, -0.2) is 55.7 Å². The number of thioether (sulfide) groups is 1. The maximum atomic E-state index is 13.3. The van der Waals surface area contributed by atoms with E-state index in [1.54, 1.807) is 4.90 Å². The summed E-state index contributed by atoms with van der Waals surface area (Å²) in [5.41, 5.74) is 1.59. The highest BCUT2D eigenvalue weighted by Crippen LogP contribution is 2.34. The maximum absolute atomic E-state index is 13.3. The van der Waals surface area contributed by atoms with Gasteiger partial charge in [0.1, 0.15) is 13.2 Å². The third kappa shape index (κ3) is 4.75. The highest BCUT2D eigenvalue weighted by Gasteiger charge is 2.30. The molecule has 160 valence electrons. The van der Waals surface area contributed by atoms with Crippen LogP contribution in [0.5, 0.6) is 11.5 Å². The second-order valence-electron chi connectivity index (χ2n) is 7.44. The second kappa shape index (κ2) is 8.89. The monoisotopic (exact) mass is 447 g/mol. The first kappa shape index (κ1) is 21.1. The van der Waals surface area contributed by atoms with E-state index in [9.17, 15) is 13.2 Å². The highest BCUT2D eigenvalue weighted by atomic mass is 32.2. The molecule has 1 unspecified atom stereocenters. The molecule has 0 aliphatic carbocycles. The average molecular weight is 448 g/mol. The Hall–Kier alpha value is -2.19. The maximum Gasteiger partial charge on any atom is 0.255 e. The van der Waals surface area contributed by atoms with E-state index in [4.69, 9.17) is 9.47 Å². The van der Waals surface area contributed by atoms with Gasteiger partial charge in [-0.05, 0) is 43.2 Å². The van der Waals surface area contributed by atoms with Crippen molar-refractivity contribution >= 4 is 27.5 Å². The van der Waals surface area contributed by atoms with Gasteiger partial charge in [0.2, 0.25) is 0 Å². The number of hydrogen-bond acceptors (Lipinski definition) is 6. The van der Waals surface area contributed by atoms with E-state index in [0.29, 0.717) is 44.0 Å². The van der Waals surface area contributed by atoms with Crippen LogP contribution in [0.1, 0.15) is 29.3 Å². The highest BCUT2D eigenvalue weighted by molar-refractivity contribution is 8.02. The molecule has 2 aliphatic rings. The molecule has 2 aliphatic heterocycles. The molecule has 2 aromatic carbocycles. The van der Waals surface area contributed by atoms with Crippen LogP contribution in [0.15, 0.2) is 47.4 Å². The molecule has 30 heavy (non-hydrogen) atoms.